The van der Waals surface area contributed by atoms with Crippen molar-refractivity contribution in [2.24, 2.45) is 5.41 Å². The molecule has 1 aromatic heterocycles. The number of carboxylic acids is 1. The number of rotatable bonds is 4. The quantitative estimate of drug-likeness (QED) is 0.799. The van der Waals surface area contributed by atoms with Crippen LogP contribution in [0.25, 0.3) is 11.3 Å². The molecule has 1 aromatic carbocycles. The SMILES string of the molecule is CC(=O)c1ccc(-c2ccc(C(=O)N3CCC(C(=O)O)(C(F)(F)F)C3)o2)cc1. The van der Waals surface area contributed by atoms with Gasteiger partial charge < -0.3 is 14.4 Å². The van der Waals surface area contributed by atoms with Gasteiger partial charge in [0.05, 0.1) is 0 Å². The molecule has 3 rings (SSSR count). The van der Waals surface area contributed by atoms with E-state index < -0.39 is 36.4 Å². The Labute approximate surface area is 157 Å². The molecule has 1 N–H and O–H groups in total. The maximum atomic E-state index is 13.3. The van der Waals surface area contributed by atoms with Gasteiger partial charge in [-0.15, -0.1) is 0 Å². The number of carboxylic acid groups (broad SMARTS) is 1. The van der Waals surface area contributed by atoms with Crippen molar-refractivity contribution in [2.75, 3.05) is 13.1 Å². The van der Waals surface area contributed by atoms with Gasteiger partial charge in [0, 0.05) is 24.2 Å². The Bertz CT molecular complexity index is 932. The van der Waals surface area contributed by atoms with Crippen molar-refractivity contribution in [1.29, 1.82) is 0 Å². The highest BCUT2D eigenvalue weighted by molar-refractivity contribution is 5.95. The Balaban J connectivity index is 1.80. The maximum Gasteiger partial charge on any atom is 0.406 e. The summed E-state index contributed by atoms with van der Waals surface area (Å²) < 4.78 is 45.2. The minimum absolute atomic E-state index is 0.109. The van der Waals surface area contributed by atoms with Crippen molar-refractivity contribution in [3.63, 3.8) is 0 Å². The molecule has 1 atom stereocenters. The number of halogens is 3. The van der Waals surface area contributed by atoms with Crippen LogP contribution < -0.4 is 0 Å². The first kappa shape index (κ1) is 19.7. The molecule has 2 aromatic rings. The molecule has 1 unspecified atom stereocenters. The molecular weight excluding hydrogens is 379 g/mol. The van der Waals surface area contributed by atoms with Gasteiger partial charge in [0.15, 0.2) is 17.0 Å². The number of aliphatic carboxylic acids is 1. The zero-order valence-corrected chi connectivity index (χ0v) is 14.7. The Morgan fingerprint density at radius 2 is 1.75 bits per heavy atom. The number of carbonyl (C=O) groups excluding carboxylic acids is 2. The highest BCUT2D eigenvalue weighted by Crippen LogP contribution is 2.46. The van der Waals surface area contributed by atoms with Crippen molar-refractivity contribution in [3.8, 4) is 11.3 Å². The van der Waals surface area contributed by atoms with E-state index in [2.05, 4.69) is 0 Å². The Morgan fingerprint density at radius 3 is 2.25 bits per heavy atom. The summed E-state index contributed by atoms with van der Waals surface area (Å²) in [7, 11) is 0. The lowest BCUT2D eigenvalue weighted by Crippen LogP contribution is -2.47. The number of Topliss-reactive ketones (excluding diaryl/α,β-unsaturated/α-hetero) is 1. The number of carbonyl (C=O) groups is 3. The molecule has 148 valence electrons. The minimum Gasteiger partial charge on any atom is -0.481 e. The maximum absolute atomic E-state index is 13.3. The molecule has 1 fully saturated rings. The summed E-state index contributed by atoms with van der Waals surface area (Å²) in [6.45, 7) is 0.120. The summed E-state index contributed by atoms with van der Waals surface area (Å²) >= 11 is 0. The van der Waals surface area contributed by atoms with Crippen LogP contribution in [0.5, 0.6) is 0 Å². The lowest BCUT2D eigenvalue weighted by molar-refractivity contribution is -0.227. The number of benzene rings is 1. The van der Waals surface area contributed by atoms with E-state index in [4.69, 9.17) is 9.52 Å². The predicted molar refractivity (Wildman–Crippen MR) is 90.8 cm³/mol. The molecule has 1 saturated heterocycles. The smallest absolute Gasteiger partial charge is 0.406 e. The van der Waals surface area contributed by atoms with Crippen LogP contribution in [-0.4, -0.2) is 46.9 Å². The van der Waals surface area contributed by atoms with E-state index in [-0.39, 0.29) is 18.1 Å². The number of alkyl halides is 3. The van der Waals surface area contributed by atoms with E-state index in [1.54, 1.807) is 24.3 Å². The molecule has 2 heterocycles. The molecular formula is C19H16F3NO5. The van der Waals surface area contributed by atoms with Gasteiger partial charge in [-0.2, -0.15) is 13.2 Å². The van der Waals surface area contributed by atoms with E-state index in [0.29, 0.717) is 16.9 Å². The van der Waals surface area contributed by atoms with Crippen LogP contribution in [0.1, 0.15) is 34.3 Å². The average Bonchev–Trinajstić information content (AvgIpc) is 3.29. The van der Waals surface area contributed by atoms with Crippen LogP contribution in [0.2, 0.25) is 0 Å². The third-order valence-corrected chi connectivity index (χ3v) is 4.90. The van der Waals surface area contributed by atoms with E-state index in [1.807, 2.05) is 0 Å². The number of amides is 1. The summed E-state index contributed by atoms with van der Waals surface area (Å²) in [6.07, 6.45) is -5.68. The molecule has 1 amide bonds. The number of nitrogens with zero attached hydrogens (tertiary/aromatic N) is 1. The fraction of sp³-hybridized carbons (Fsp3) is 0.316. The van der Waals surface area contributed by atoms with Gasteiger partial charge in [-0.3, -0.25) is 14.4 Å². The Morgan fingerprint density at radius 1 is 1.11 bits per heavy atom. The first-order valence-electron chi connectivity index (χ1n) is 8.36. The van der Waals surface area contributed by atoms with Crippen LogP contribution in [-0.2, 0) is 4.79 Å². The van der Waals surface area contributed by atoms with Crippen LogP contribution in [0.3, 0.4) is 0 Å². The molecule has 0 spiro atoms. The number of furan rings is 1. The molecule has 0 radical (unpaired) electrons. The fourth-order valence-electron chi connectivity index (χ4n) is 3.14. The van der Waals surface area contributed by atoms with Crippen molar-refractivity contribution >= 4 is 17.7 Å². The van der Waals surface area contributed by atoms with E-state index in [1.165, 1.54) is 19.1 Å². The number of likely N-dealkylation sites (tertiary alicyclic amines) is 1. The largest absolute Gasteiger partial charge is 0.481 e. The third-order valence-electron chi connectivity index (χ3n) is 4.90. The van der Waals surface area contributed by atoms with Crippen molar-refractivity contribution < 1.29 is 37.1 Å². The van der Waals surface area contributed by atoms with Crippen LogP contribution in [0.15, 0.2) is 40.8 Å². The lowest BCUT2D eigenvalue weighted by atomic mass is 9.86. The molecule has 0 saturated carbocycles. The van der Waals surface area contributed by atoms with E-state index in [9.17, 15) is 27.6 Å². The second-order valence-corrected chi connectivity index (χ2v) is 6.66. The Hall–Kier alpha value is -3.10. The fourth-order valence-corrected chi connectivity index (χ4v) is 3.14. The zero-order chi connectivity index (χ0) is 20.7. The highest BCUT2D eigenvalue weighted by atomic mass is 19.4. The summed E-state index contributed by atoms with van der Waals surface area (Å²) in [5.41, 5.74) is -1.89. The summed E-state index contributed by atoms with van der Waals surface area (Å²) in [4.78, 5) is 35.9. The van der Waals surface area contributed by atoms with Crippen molar-refractivity contribution in [3.05, 3.63) is 47.7 Å². The highest BCUT2D eigenvalue weighted by Gasteiger charge is 2.64. The van der Waals surface area contributed by atoms with Crippen LogP contribution in [0.4, 0.5) is 13.2 Å². The number of hydrogen-bond acceptors (Lipinski definition) is 4. The third kappa shape index (κ3) is 3.28. The van der Waals surface area contributed by atoms with Gasteiger partial charge >= 0.3 is 12.1 Å². The summed E-state index contributed by atoms with van der Waals surface area (Å²) in [6, 6.07) is 9.24. The zero-order valence-electron chi connectivity index (χ0n) is 14.7. The monoisotopic (exact) mass is 395 g/mol. The summed E-state index contributed by atoms with van der Waals surface area (Å²) in [5.74, 6) is -2.80. The molecule has 0 bridgehead atoms. The lowest BCUT2D eigenvalue weighted by Gasteiger charge is -2.26. The van der Waals surface area contributed by atoms with Crippen molar-refractivity contribution in [1.82, 2.24) is 4.90 Å². The molecule has 6 nitrogen and oxygen atoms in total. The molecule has 9 heteroatoms. The number of hydrogen-bond donors (Lipinski definition) is 1. The van der Waals surface area contributed by atoms with Crippen molar-refractivity contribution in [2.45, 2.75) is 19.5 Å². The second-order valence-electron chi connectivity index (χ2n) is 6.66. The molecule has 1 aliphatic rings. The minimum atomic E-state index is -4.97. The van der Waals surface area contributed by atoms with Gasteiger partial charge in [0.1, 0.15) is 5.76 Å². The second kappa shape index (κ2) is 6.81. The number of ketones is 1. The van der Waals surface area contributed by atoms with Gasteiger partial charge in [-0.25, -0.2) is 0 Å². The van der Waals surface area contributed by atoms with Gasteiger partial charge in [0.25, 0.3) is 5.91 Å². The summed E-state index contributed by atoms with van der Waals surface area (Å²) in [5, 5.41) is 9.08. The van der Waals surface area contributed by atoms with E-state index >= 15 is 0 Å². The van der Waals surface area contributed by atoms with Crippen LogP contribution >= 0.6 is 0 Å². The van der Waals surface area contributed by atoms with Gasteiger partial charge in [0.2, 0.25) is 0 Å². The Kier molecular flexibility index (Phi) is 4.78. The predicted octanol–water partition coefficient (Wildman–Crippen LogP) is 3.63. The first-order chi connectivity index (χ1) is 13.0. The molecule has 0 aliphatic carbocycles. The first-order valence-corrected chi connectivity index (χ1v) is 8.36. The molecule has 28 heavy (non-hydrogen) atoms. The standard InChI is InChI=1S/C19H16F3NO5/c1-11(24)12-2-4-13(5-3-12)14-6-7-15(28-14)16(25)23-9-8-18(10-23,17(26)27)19(20,21)22/h2-7H,8-10H2,1H3,(H,26,27). The molecule has 1 aliphatic heterocycles. The van der Waals surface area contributed by atoms with Gasteiger partial charge in [-0.1, -0.05) is 24.3 Å². The topological polar surface area (TPSA) is 87.8 Å². The average molecular weight is 395 g/mol. The van der Waals surface area contributed by atoms with Crippen LogP contribution in [0, 0.1) is 5.41 Å². The normalized spacial score (nSPS) is 19.6. The van der Waals surface area contributed by atoms with E-state index in [0.717, 1.165) is 4.90 Å². The van der Waals surface area contributed by atoms with Gasteiger partial charge in [-0.05, 0) is 25.5 Å².